The van der Waals surface area contributed by atoms with Gasteiger partial charge in [-0.2, -0.15) is 0 Å². The molecule has 3 heteroatoms. The van der Waals surface area contributed by atoms with E-state index in [4.69, 9.17) is 0 Å². The van der Waals surface area contributed by atoms with Gasteiger partial charge in [0.1, 0.15) is 0 Å². The Morgan fingerprint density at radius 1 is 0.800 bits per heavy atom. The molecule has 0 heterocycles. The molecule has 0 aliphatic carbocycles. The zero-order valence-corrected chi connectivity index (χ0v) is 19.6. The normalized spacial score (nSPS) is 13.7. The average molecular weight is 385 g/mol. The van der Waals surface area contributed by atoms with Crippen LogP contribution in [0.3, 0.4) is 0 Å². The van der Waals surface area contributed by atoms with E-state index in [9.17, 15) is 0 Å². The molecule has 0 N–H and O–H groups in total. The molecule has 0 fully saturated rings. The molecule has 2 rings (SSSR count). The lowest BCUT2D eigenvalue weighted by Gasteiger charge is -2.44. The van der Waals surface area contributed by atoms with Gasteiger partial charge in [0.25, 0.3) is 0 Å². The molecule has 1 atom stereocenters. The summed E-state index contributed by atoms with van der Waals surface area (Å²) in [6, 6.07) is 22.0. The highest BCUT2D eigenvalue weighted by atomic mass is 31.1. The van der Waals surface area contributed by atoms with Gasteiger partial charge in [0.15, 0.2) is 0 Å². The van der Waals surface area contributed by atoms with Gasteiger partial charge in [0.05, 0.1) is 0 Å². The zero-order chi connectivity index (χ0) is 18.7. The third-order valence-electron chi connectivity index (χ3n) is 4.58. The molecular weight excluding hydrogens is 351 g/mol. The van der Waals surface area contributed by atoms with Crippen LogP contribution >= 0.6 is 7.92 Å². The average Bonchev–Trinajstić information content (AvgIpc) is 2.53. The molecule has 0 aliphatic rings. The molecule has 0 radical (unpaired) electrons. The van der Waals surface area contributed by atoms with E-state index in [-0.39, 0.29) is 7.92 Å². The van der Waals surface area contributed by atoms with E-state index < -0.39 is 16.1 Å². The first-order chi connectivity index (χ1) is 11.6. The lowest BCUT2D eigenvalue weighted by atomic mass is 10.1. The third kappa shape index (κ3) is 5.51. The maximum absolute atomic E-state index is 4.48. The Balaban J connectivity index is 2.45. The van der Waals surface area contributed by atoms with E-state index in [2.05, 4.69) is 107 Å². The van der Waals surface area contributed by atoms with E-state index in [0.29, 0.717) is 0 Å². The first-order valence-electron chi connectivity index (χ1n) is 9.15. The standard InChI is InChI=1S/C22H33PSi2/c1-19(20-14-10-8-11-15-20)18-23(21-16-12-9-13-17-21)22(24(2,3)4)25(5,6)7/h8-17,22H,1,18H2,2-7H3. The summed E-state index contributed by atoms with van der Waals surface area (Å²) in [5.41, 5.74) is 2.60. The van der Waals surface area contributed by atoms with Crippen LogP contribution in [0.2, 0.25) is 39.3 Å². The first kappa shape index (κ1) is 20.4. The predicted molar refractivity (Wildman–Crippen MR) is 124 cm³/mol. The number of hydrogen-bond donors (Lipinski definition) is 0. The van der Waals surface area contributed by atoms with Crippen LogP contribution in [0.4, 0.5) is 0 Å². The van der Waals surface area contributed by atoms with Crippen LogP contribution in [-0.4, -0.2) is 27.2 Å². The summed E-state index contributed by atoms with van der Waals surface area (Å²) in [6.07, 6.45) is 1.13. The molecule has 0 bridgehead atoms. The smallest absolute Gasteiger partial charge is 0.0495 e. The molecule has 2 aromatic rings. The van der Waals surface area contributed by atoms with Gasteiger partial charge in [-0.1, -0.05) is 114 Å². The van der Waals surface area contributed by atoms with Crippen LogP contribution in [0.15, 0.2) is 67.2 Å². The van der Waals surface area contributed by atoms with Gasteiger partial charge < -0.3 is 0 Å². The summed E-state index contributed by atoms with van der Waals surface area (Å²) in [5.74, 6) is 0. The SMILES string of the molecule is C=C(CP(c1ccccc1)C([Si](C)(C)C)[Si](C)(C)C)c1ccccc1. The molecule has 25 heavy (non-hydrogen) atoms. The second-order valence-electron chi connectivity index (χ2n) is 9.07. The molecule has 134 valence electrons. The highest BCUT2D eigenvalue weighted by Gasteiger charge is 2.43. The monoisotopic (exact) mass is 384 g/mol. The second-order valence-corrected chi connectivity index (χ2v) is 23.5. The summed E-state index contributed by atoms with van der Waals surface area (Å²) in [7, 11) is -2.81. The van der Waals surface area contributed by atoms with Crippen molar-refractivity contribution in [3.05, 3.63) is 72.8 Å². The second kappa shape index (κ2) is 8.16. The fourth-order valence-corrected chi connectivity index (χ4v) is 25.3. The Labute approximate surface area is 158 Å². The molecule has 0 aromatic heterocycles. The predicted octanol–water partition coefficient (Wildman–Crippen LogP) is 6.63. The zero-order valence-electron chi connectivity index (χ0n) is 16.7. The fourth-order valence-electron chi connectivity index (χ4n) is 4.16. The van der Waals surface area contributed by atoms with E-state index in [0.717, 1.165) is 11.1 Å². The van der Waals surface area contributed by atoms with Crippen molar-refractivity contribution in [1.82, 2.24) is 0 Å². The van der Waals surface area contributed by atoms with Crippen LogP contribution in [-0.2, 0) is 0 Å². The Morgan fingerprint density at radius 2 is 1.24 bits per heavy atom. The summed E-state index contributed by atoms with van der Waals surface area (Å²) < 4.78 is 0. The molecule has 0 nitrogen and oxygen atoms in total. The Kier molecular flexibility index (Phi) is 6.64. The quantitative estimate of drug-likeness (QED) is 0.371. The van der Waals surface area contributed by atoms with Gasteiger partial charge in [0, 0.05) is 16.1 Å². The van der Waals surface area contributed by atoms with Gasteiger partial charge in [-0.05, 0) is 27.5 Å². The lowest BCUT2D eigenvalue weighted by Crippen LogP contribution is -2.54. The topological polar surface area (TPSA) is 0 Å². The Bertz CT molecular complexity index is 667. The van der Waals surface area contributed by atoms with Crippen molar-refractivity contribution in [3.63, 3.8) is 0 Å². The van der Waals surface area contributed by atoms with Crippen molar-refractivity contribution >= 4 is 34.9 Å². The summed E-state index contributed by atoms with van der Waals surface area (Å²) in [6.45, 7) is 19.9. The summed E-state index contributed by atoms with van der Waals surface area (Å²) in [4.78, 5) is 0.887. The van der Waals surface area contributed by atoms with Crippen molar-refractivity contribution in [2.75, 3.05) is 6.16 Å². The Morgan fingerprint density at radius 3 is 1.68 bits per heavy atom. The highest BCUT2D eigenvalue weighted by Crippen LogP contribution is 2.50. The van der Waals surface area contributed by atoms with Crippen LogP contribution in [0.1, 0.15) is 5.56 Å². The summed E-state index contributed by atoms with van der Waals surface area (Å²) in [5, 5.41) is 1.56. The maximum Gasteiger partial charge on any atom is 0.0495 e. The molecule has 0 amide bonds. The van der Waals surface area contributed by atoms with Crippen LogP contribution in [0, 0.1) is 0 Å². The maximum atomic E-state index is 4.48. The molecule has 1 unspecified atom stereocenters. The van der Waals surface area contributed by atoms with Gasteiger partial charge in [-0.15, -0.1) is 0 Å². The first-order valence-corrected chi connectivity index (χ1v) is 17.9. The molecule has 0 saturated heterocycles. The van der Waals surface area contributed by atoms with Crippen LogP contribution in [0.5, 0.6) is 0 Å². The van der Waals surface area contributed by atoms with Crippen molar-refractivity contribution < 1.29 is 0 Å². The fraction of sp³-hybridized carbons (Fsp3) is 0.364. The minimum Gasteiger partial charge on any atom is -0.0949 e. The van der Waals surface area contributed by atoms with Crippen molar-refractivity contribution in [1.29, 1.82) is 0 Å². The van der Waals surface area contributed by atoms with E-state index in [1.165, 1.54) is 11.1 Å². The van der Waals surface area contributed by atoms with Gasteiger partial charge >= 0.3 is 0 Å². The third-order valence-corrected chi connectivity index (χ3v) is 21.9. The summed E-state index contributed by atoms with van der Waals surface area (Å²) >= 11 is 0. The molecule has 0 spiro atoms. The van der Waals surface area contributed by atoms with E-state index in [1.54, 1.807) is 5.30 Å². The van der Waals surface area contributed by atoms with Gasteiger partial charge in [0.2, 0.25) is 0 Å². The number of benzene rings is 2. The highest BCUT2D eigenvalue weighted by molar-refractivity contribution is 7.72. The molecule has 0 aliphatic heterocycles. The largest absolute Gasteiger partial charge is 0.0949 e. The van der Waals surface area contributed by atoms with Crippen molar-refractivity contribution in [2.45, 2.75) is 44.2 Å². The molecule has 2 aromatic carbocycles. The van der Waals surface area contributed by atoms with E-state index >= 15 is 0 Å². The van der Waals surface area contributed by atoms with Crippen molar-refractivity contribution in [2.24, 2.45) is 0 Å². The Hall–Kier alpha value is -0.956. The number of hydrogen-bond acceptors (Lipinski definition) is 0. The van der Waals surface area contributed by atoms with E-state index in [1.807, 2.05) is 0 Å². The molecular formula is C22H33PSi2. The van der Waals surface area contributed by atoms with Gasteiger partial charge in [-0.25, -0.2) is 0 Å². The van der Waals surface area contributed by atoms with Gasteiger partial charge in [-0.3, -0.25) is 0 Å². The minimum absolute atomic E-state index is 0.234. The van der Waals surface area contributed by atoms with Crippen LogP contribution in [0.25, 0.3) is 5.57 Å². The number of allylic oxidation sites excluding steroid dienone is 1. The molecule has 0 saturated carbocycles. The van der Waals surface area contributed by atoms with Crippen LogP contribution < -0.4 is 5.30 Å². The lowest BCUT2D eigenvalue weighted by molar-refractivity contribution is 1.43. The number of rotatable bonds is 7. The minimum atomic E-state index is -1.29. The van der Waals surface area contributed by atoms with Crippen molar-refractivity contribution in [3.8, 4) is 0 Å².